The molecule has 0 aliphatic carbocycles. The molecule has 1 heterocycles. The van der Waals surface area contributed by atoms with Crippen LogP contribution in [-0.2, 0) is 6.54 Å². The molecule has 3 N–H and O–H groups in total. The van der Waals surface area contributed by atoms with Crippen molar-refractivity contribution in [3.05, 3.63) is 35.4 Å². The van der Waals surface area contributed by atoms with Crippen molar-refractivity contribution in [3.63, 3.8) is 0 Å². The number of likely N-dealkylation sites (tertiary alicyclic amines) is 1. The zero-order valence-electron chi connectivity index (χ0n) is 17.6. The van der Waals surface area contributed by atoms with Gasteiger partial charge in [0, 0.05) is 25.2 Å². The molecule has 1 saturated heterocycles. The molecule has 2 rings (SSSR count). The summed E-state index contributed by atoms with van der Waals surface area (Å²) in [5.41, 5.74) is 1.72. The molecule has 28 heavy (non-hydrogen) atoms. The van der Waals surface area contributed by atoms with Crippen LogP contribution in [0, 0.1) is 0 Å². The molecule has 0 spiro atoms. The number of carbonyl (C=O) groups excluding carboxylic acids is 1. The van der Waals surface area contributed by atoms with Crippen LogP contribution in [0.5, 0.6) is 0 Å². The first kappa shape index (κ1) is 22.2. The molecule has 1 aliphatic heterocycles. The number of nitrogens with one attached hydrogen (secondary N) is 3. The molecule has 1 aromatic rings. The molecule has 0 unspecified atom stereocenters. The van der Waals surface area contributed by atoms with E-state index < -0.39 is 0 Å². The van der Waals surface area contributed by atoms with Gasteiger partial charge in [-0.3, -0.25) is 4.79 Å². The molecule has 6 heteroatoms. The summed E-state index contributed by atoms with van der Waals surface area (Å²) in [6.45, 7) is 10.6. The third-order valence-corrected chi connectivity index (χ3v) is 4.93. The second-order valence-corrected chi connectivity index (χ2v) is 7.29. The Hall–Kier alpha value is -2.08. The van der Waals surface area contributed by atoms with E-state index in [4.69, 9.17) is 0 Å². The zero-order valence-corrected chi connectivity index (χ0v) is 17.6. The Kier molecular flexibility index (Phi) is 10.4. The fourth-order valence-electron chi connectivity index (χ4n) is 3.45. The smallest absolute Gasteiger partial charge is 0.251 e. The Morgan fingerprint density at radius 2 is 1.79 bits per heavy atom. The highest BCUT2D eigenvalue weighted by atomic mass is 16.1. The highest BCUT2D eigenvalue weighted by Crippen LogP contribution is 2.09. The van der Waals surface area contributed by atoms with Gasteiger partial charge < -0.3 is 20.9 Å². The predicted molar refractivity (Wildman–Crippen MR) is 117 cm³/mol. The number of aliphatic imine (C=N–C) groups is 1. The van der Waals surface area contributed by atoms with E-state index >= 15 is 0 Å². The molecule has 0 aromatic heterocycles. The van der Waals surface area contributed by atoms with Gasteiger partial charge in [-0.05, 0) is 70.4 Å². The first-order valence-corrected chi connectivity index (χ1v) is 10.8. The van der Waals surface area contributed by atoms with Gasteiger partial charge in [0.15, 0.2) is 5.96 Å². The first-order chi connectivity index (χ1) is 13.7. The lowest BCUT2D eigenvalue weighted by Gasteiger charge is -2.20. The molecular weight excluding hydrogens is 350 g/mol. The van der Waals surface area contributed by atoms with Crippen molar-refractivity contribution in [2.75, 3.05) is 39.3 Å². The maximum Gasteiger partial charge on any atom is 0.251 e. The van der Waals surface area contributed by atoms with Gasteiger partial charge in [0.2, 0.25) is 0 Å². The van der Waals surface area contributed by atoms with E-state index in [1.165, 1.54) is 38.8 Å². The van der Waals surface area contributed by atoms with Crippen molar-refractivity contribution >= 4 is 11.9 Å². The average molecular weight is 388 g/mol. The molecule has 0 bridgehead atoms. The van der Waals surface area contributed by atoms with Crippen molar-refractivity contribution in [3.8, 4) is 0 Å². The molecule has 0 saturated carbocycles. The van der Waals surface area contributed by atoms with E-state index in [9.17, 15) is 4.79 Å². The average Bonchev–Trinajstić information content (AvgIpc) is 2.98. The van der Waals surface area contributed by atoms with Crippen LogP contribution in [0.3, 0.4) is 0 Å². The number of hydrogen-bond acceptors (Lipinski definition) is 3. The van der Waals surface area contributed by atoms with Crippen LogP contribution in [0.25, 0.3) is 0 Å². The van der Waals surface area contributed by atoms with Crippen LogP contribution in [0.4, 0.5) is 0 Å². The molecule has 0 radical (unpaired) electrons. The zero-order chi connectivity index (χ0) is 20.0. The lowest BCUT2D eigenvalue weighted by Crippen LogP contribution is -2.39. The van der Waals surface area contributed by atoms with Crippen molar-refractivity contribution in [2.24, 2.45) is 4.99 Å². The number of carbonyl (C=O) groups is 1. The van der Waals surface area contributed by atoms with Gasteiger partial charge in [-0.25, -0.2) is 4.99 Å². The van der Waals surface area contributed by atoms with Crippen molar-refractivity contribution in [1.82, 2.24) is 20.9 Å². The summed E-state index contributed by atoms with van der Waals surface area (Å²) in [7, 11) is 0. The van der Waals surface area contributed by atoms with Gasteiger partial charge in [-0.1, -0.05) is 25.0 Å². The summed E-state index contributed by atoms with van der Waals surface area (Å²) in [5.74, 6) is 0.800. The van der Waals surface area contributed by atoms with Gasteiger partial charge in [-0.15, -0.1) is 0 Å². The van der Waals surface area contributed by atoms with E-state index in [2.05, 4.69) is 32.8 Å². The quantitative estimate of drug-likeness (QED) is 0.346. The maximum atomic E-state index is 12.0. The minimum Gasteiger partial charge on any atom is -0.357 e. The van der Waals surface area contributed by atoms with Crippen molar-refractivity contribution in [2.45, 2.75) is 52.5 Å². The van der Waals surface area contributed by atoms with Crippen LogP contribution in [-0.4, -0.2) is 56.0 Å². The maximum absolute atomic E-state index is 12.0. The Morgan fingerprint density at radius 3 is 2.50 bits per heavy atom. The second-order valence-electron chi connectivity index (χ2n) is 7.29. The summed E-state index contributed by atoms with van der Waals surface area (Å²) >= 11 is 0. The standard InChI is InChI=1S/C22H37N5O/c1-3-23-21(28)20-12-9-11-19(17-20)18-26-22(24-4-2)25-13-10-16-27-14-7-5-6-8-15-27/h9,11-12,17H,3-8,10,13-16,18H2,1-2H3,(H,23,28)(H2,24,25,26). The van der Waals surface area contributed by atoms with Gasteiger partial charge >= 0.3 is 0 Å². The summed E-state index contributed by atoms with van der Waals surface area (Å²) < 4.78 is 0. The normalized spacial score (nSPS) is 15.7. The third kappa shape index (κ3) is 8.30. The van der Waals surface area contributed by atoms with Gasteiger partial charge in [0.25, 0.3) is 5.91 Å². The highest BCUT2D eigenvalue weighted by molar-refractivity contribution is 5.94. The first-order valence-electron chi connectivity index (χ1n) is 10.8. The highest BCUT2D eigenvalue weighted by Gasteiger charge is 2.08. The summed E-state index contributed by atoms with van der Waals surface area (Å²) in [6.07, 6.45) is 6.57. The summed E-state index contributed by atoms with van der Waals surface area (Å²) in [4.78, 5) is 19.3. The molecule has 1 aromatic carbocycles. The third-order valence-electron chi connectivity index (χ3n) is 4.93. The Labute approximate surface area is 170 Å². The van der Waals surface area contributed by atoms with Gasteiger partial charge in [0.05, 0.1) is 6.54 Å². The molecular formula is C22H37N5O. The molecule has 156 valence electrons. The SMILES string of the molecule is CCNC(=O)c1cccc(CN=C(NCC)NCCCN2CCCCCC2)c1. The van der Waals surface area contributed by atoms with Crippen LogP contribution in [0.15, 0.2) is 29.3 Å². The number of hydrogen-bond donors (Lipinski definition) is 3. The number of rotatable bonds is 9. The Balaban J connectivity index is 1.81. The minimum absolute atomic E-state index is 0.0353. The van der Waals surface area contributed by atoms with E-state index in [1.807, 2.05) is 31.2 Å². The van der Waals surface area contributed by atoms with E-state index in [0.717, 1.165) is 37.6 Å². The Morgan fingerprint density at radius 1 is 1.04 bits per heavy atom. The molecule has 1 aliphatic rings. The topological polar surface area (TPSA) is 68.8 Å². The van der Waals surface area contributed by atoms with Crippen molar-refractivity contribution in [1.29, 1.82) is 0 Å². The fraction of sp³-hybridized carbons (Fsp3) is 0.636. The van der Waals surface area contributed by atoms with Gasteiger partial charge in [-0.2, -0.15) is 0 Å². The van der Waals surface area contributed by atoms with Crippen molar-refractivity contribution < 1.29 is 4.79 Å². The van der Waals surface area contributed by atoms with Gasteiger partial charge in [0.1, 0.15) is 0 Å². The largest absolute Gasteiger partial charge is 0.357 e. The lowest BCUT2D eigenvalue weighted by molar-refractivity contribution is 0.0955. The lowest BCUT2D eigenvalue weighted by atomic mass is 10.1. The predicted octanol–water partition coefficient (Wildman–Crippen LogP) is 2.76. The number of amides is 1. The summed E-state index contributed by atoms with van der Waals surface area (Å²) in [5, 5.41) is 9.58. The molecule has 0 atom stereocenters. The summed E-state index contributed by atoms with van der Waals surface area (Å²) in [6, 6.07) is 7.67. The van der Waals surface area contributed by atoms with Crippen LogP contribution < -0.4 is 16.0 Å². The Bertz CT molecular complexity index is 609. The second kappa shape index (κ2) is 13.2. The van der Waals surface area contributed by atoms with E-state index in [-0.39, 0.29) is 5.91 Å². The number of nitrogens with zero attached hydrogens (tertiary/aromatic N) is 2. The molecule has 1 fully saturated rings. The van der Waals surface area contributed by atoms with Crippen LogP contribution in [0.2, 0.25) is 0 Å². The van der Waals surface area contributed by atoms with E-state index in [1.54, 1.807) is 0 Å². The van der Waals surface area contributed by atoms with Crippen LogP contribution in [0.1, 0.15) is 61.9 Å². The monoisotopic (exact) mass is 387 g/mol. The molecule has 6 nitrogen and oxygen atoms in total. The minimum atomic E-state index is -0.0353. The molecule has 1 amide bonds. The number of benzene rings is 1. The number of guanidine groups is 1. The fourth-order valence-corrected chi connectivity index (χ4v) is 3.45. The van der Waals surface area contributed by atoms with Crippen LogP contribution >= 0.6 is 0 Å². The van der Waals surface area contributed by atoms with E-state index in [0.29, 0.717) is 18.7 Å².